The molecule has 4 N–H and O–H groups in total. The first-order valence-electron chi connectivity index (χ1n) is 3.57. The van der Waals surface area contributed by atoms with Crippen LogP contribution in [0.2, 0.25) is 0 Å². The minimum atomic E-state index is -1.78. The van der Waals surface area contributed by atoms with E-state index >= 15 is 0 Å². The number of primary amides is 1. The Morgan fingerprint density at radius 2 is 1.73 bits per heavy atom. The fraction of sp³-hybridized carbons (Fsp3) is 0. The van der Waals surface area contributed by atoms with E-state index in [1.807, 2.05) is 0 Å². The van der Waals surface area contributed by atoms with Crippen LogP contribution in [0.25, 0.3) is 0 Å². The summed E-state index contributed by atoms with van der Waals surface area (Å²) >= 11 is 0. The predicted octanol–water partition coefficient (Wildman–Crippen LogP) is 0.657. The molecule has 0 saturated heterocycles. The molecule has 0 heterocycles. The van der Waals surface area contributed by atoms with Gasteiger partial charge in [0, 0.05) is 0 Å². The summed E-state index contributed by atoms with van der Waals surface area (Å²) in [5, 5.41) is 8.31. The van der Waals surface area contributed by atoms with E-state index in [1.165, 1.54) is 0 Å². The second kappa shape index (κ2) is 3.49. The van der Waals surface area contributed by atoms with E-state index < -0.39 is 40.2 Å². The molecule has 1 rings (SSSR count). The SMILES string of the molecule is N#Cc1c(F)c(N)c(C(N)=O)c(F)c1F. The lowest BCUT2D eigenvalue weighted by Crippen LogP contribution is -2.19. The van der Waals surface area contributed by atoms with Crippen molar-refractivity contribution in [2.75, 3.05) is 5.73 Å². The van der Waals surface area contributed by atoms with E-state index in [9.17, 15) is 18.0 Å². The minimum absolute atomic E-state index is 0.974. The number of rotatable bonds is 1. The van der Waals surface area contributed by atoms with Gasteiger partial charge in [-0.1, -0.05) is 0 Å². The van der Waals surface area contributed by atoms with Gasteiger partial charge in [0.15, 0.2) is 17.5 Å². The fourth-order valence-electron chi connectivity index (χ4n) is 1.02. The van der Waals surface area contributed by atoms with Crippen molar-refractivity contribution in [1.29, 1.82) is 5.26 Å². The van der Waals surface area contributed by atoms with Crippen molar-refractivity contribution in [2.24, 2.45) is 5.73 Å². The Bertz CT molecular complexity index is 464. The van der Waals surface area contributed by atoms with Gasteiger partial charge in [0.25, 0.3) is 5.91 Å². The van der Waals surface area contributed by atoms with Gasteiger partial charge in [0.1, 0.15) is 17.2 Å². The van der Waals surface area contributed by atoms with E-state index in [0.29, 0.717) is 0 Å². The lowest BCUT2D eigenvalue weighted by Gasteiger charge is -2.07. The standard InChI is InChI=1S/C8H4F3N3O/c9-4-2(1-12)5(10)7(13)3(6(4)11)8(14)15/h13H2,(H2,14,15). The van der Waals surface area contributed by atoms with Gasteiger partial charge in [-0.2, -0.15) is 5.26 Å². The van der Waals surface area contributed by atoms with Gasteiger partial charge in [-0.05, 0) is 0 Å². The zero-order valence-electron chi connectivity index (χ0n) is 7.14. The molecule has 0 spiro atoms. The molecule has 0 aliphatic heterocycles. The third-order valence-electron chi connectivity index (χ3n) is 1.72. The molecular weight excluding hydrogens is 211 g/mol. The number of nitrogens with zero attached hydrogens (tertiary/aromatic N) is 1. The molecule has 0 aliphatic rings. The van der Waals surface area contributed by atoms with Crippen LogP contribution in [0.5, 0.6) is 0 Å². The first-order chi connectivity index (χ1) is 6.91. The number of amides is 1. The van der Waals surface area contributed by atoms with Crippen LogP contribution in [0.3, 0.4) is 0 Å². The van der Waals surface area contributed by atoms with Gasteiger partial charge in [0.05, 0.1) is 5.69 Å². The Kier molecular flexibility index (Phi) is 2.53. The highest BCUT2D eigenvalue weighted by Crippen LogP contribution is 2.26. The molecule has 7 heteroatoms. The zero-order valence-corrected chi connectivity index (χ0v) is 7.14. The summed E-state index contributed by atoms with van der Waals surface area (Å²) in [6.07, 6.45) is 0. The predicted molar refractivity (Wildman–Crippen MR) is 44.0 cm³/mol. The van der Waals surface area contributed by atoms with Crippen LogP contribution < -0.4 is 11.5 Å². The average Bonchev–Trinajstić information content (AvgIpc) is 2.16. The molecule has 0 aliphatic carbocycles. The summed E-state index contributed by atoms with van der Waals surface area (Å²) < 4.78 is 39.1. The van der Waals surface area contributed by atoms with Crippen molar-refractivity contribution in [3.8, 4) is 6.07 Å². The summed E-state index contributed by atoms with van der Waals surface area (Å²) in [5.74, 6) is -6.41. The summed E-state index contributed by atoms with van der Waals surface area (Å²) in [4.78, 5) is 10.6. The molecule has 0 bridgehead atoms. The van der Waals surface area contributed by atoms with Gasteiger partial charge < -0.3 is 11.5 Å². The highest BCUT2D eigenvalue weighted by molar-refractivity contribution is 5.98. The number of nitrogen functional groups attached to an aromatic ring is 1. The molecule has 78 valence electrons. The normalized spacial score (nSPS) is 9.73. The van der Waals surface area contributed by atoms with Gasteiger partial charge in [0.2, 0.25) is 0 Å². The van der Waals surface area contributed by atoms with E-state index in [-0.39, 0.29) is 0 Å². The van der Waals surface area contributed by atoms with E-state index in [0.717, 1.165) is 6.07 Å². The summed E-state index contributed by atoms with van der Waals surface area (Å²) in [5.41, 5.74) is 6.41. The maximum absolute atomic E-state index is 13.1. The zero-order chi connectivity index (χ0) is 11.7. The number of benzene rings is 1. The number of hydrogen-bond donors (Lipinski definition) is 2. The highest BCUT2D eigenvalue weighted by atomic mass is 19.2. The molecule has 0 atom stereocenters. The molecule has 0 saturated carbocycles. The Balaban J connectivity index is 3.76. The van der Waals surface area contributed by atoms with E-state index in [1.54, 1.807) is 0 Å². The molecular formula is C8H4F3N3O. The fourth-order valence-corrected chi connectivity index (χ4v) is 1.02. The molecule has 1 amide bonds. The van der Waals surface area contributed by atoms with E-state index in [2.05, 4.69) is 5.73 Å². The van der Waals surface area contributed by atoms with Crippen LogP contribution in [0.1, 0.15) is 15.9 Å². The lowest BCUT2D eigenvalue weighted by molar-refractivity contribution is 0.0996. The smallest absolute Gasteiger partial charge is 0.254 e. The van der Waals surface area contributed by atoms with Crippen LogP contribution in [-0.2, 0) is 0 Å². The molecule has 1 aromatic rings. The highest BCUT2D eigenvalue weighted by Gasteiger charge is 2.26. The Labute approximate surface area is 81.9 Å². The molecule has 15 heavy (non-hydrogen) atoms. The van der Waals surface area contributed by atoms with Crippen LogP contribution in [0.4, 0.5) is 18.9 Å². The quantitative estimate of drug-likeness (QED) is 0.532. The Hall–Kier alpha value is -2.23. The molecule has 0 fully saturated rings. The van der Waals surface area contributed by atoms with Crippen LogP contribution in [-0.4, -0.2) is 5.91 Å². The molecule has 0 radical (unpaired) electrons. The minimum Gasteiger partial charge on any atom is -0.396 e. The number of anilines is 1. The van der Waals surface area contributed by atoms with Crippen molar-refractivity contribution in [3.63, 3.8) is 0 Å². The Morgan fingerprint density at radius 1 is 1.20 bits per heavy atom. The monoisotopic (exact) mass is 215 g/mol. The number of halogens is 3. The first-order valence-corrected chi connectivity index (χ1v) is 3.57. The summed E-state index contributed by atoms with van der Waals surface area (Å²) in [6, 6.07) is 1.09. The second-order valence-corrected chi connectivity index (χ2v) is 2.58. The number of hydrogen-bond acceptors (Lipinski definition) is 3. The third kappa shape index (κ3) is 1.46. The maximum atomic E-state index is 13.1. The number of carbonyl (C=O) groups is 1. The Morgan fingerprint density at radius 3 is 2.13 bits per heavy atom. The molecule has 0 unspecified atom stereocenters. The third-order valence-corrected chi connectivity index (χ3v) is 1.72. The second-order valence-electron chi connectivity index (χ2n) is 2.58. The van der Waals surface area contributed by atoms with Gasteiger partial charge in [-0.3, -0.25) is 4.79 Å². The number of nitrogens with two attached hydrogens (primary N) is 2. The van der Waals surface area contributed by atoms with Gasteiger partial charge in [-0.15, -0.1) is 0 Å². The summed E-state index contributed by atoms with van der Waals surface area (Å²) in [6.45, 7) is 0. The molecule has 0 aromatic heterocycles. The largest absolute Gasteiger partial charge is 0.396 e. The summed E-state index contributed by atoms with van der Waals surface area (Å²) in [7, 11) is 0. The van der Waals surface area contributed by atoms with Crippen molar-refractivity contribution >= 4 is 11.6 Å². The average molecular weight is 215 g/mol. The van der Waals surface area contributed by atoms with E-state index in [4.69, 9.17) is 11.0 Å². The topological polar surface area (TPSA) is 92.9 Å². The van der Waals surface area contributed by atoms with Crippen molar-refractivity contribution in [3.05, 3.63) is 28.6 Å². The van der Waals surface area contributed by atoms with Crippen molar-refractivity contribution in [2.45, 2.75) is 0 Å². The first kappa shape index (κ1) is 10.8. The van der Waals surface area contributed by atoms with Crippen molar-refractivity contribution in [1.82, 2.24) is 0 Å². The maximum Gasteiger partial charge on any atom is 0.254 e. The lowest BCUT2D eigenvalue weighted by atomic mass is 10.1. The molecule has 4 nitrogen and oxygen atoms in total. The van der Waals surface area contributed by atoms with Crippen LogP contribution >= 0.6 is 0 Å². The van der Waals surface area contributed by atoms with Gasteiger partial charge in [-0.25, -0.2) is 13.2 Å². The van der Waals surface area contributed by atoms with Gasteiger partial charge >= 0.3 is 0 Å². The number of nitriles is 1. The number of carbonyl (C=O) groups excluding carboxylic acids is 1. The van der Waals surface area contributed by atoms with Crippen LogP contribution in [0, 0.1) is 28.8 Å². The molecule has 1 aromatic carbocycles. The van der Waals surface area contributed by atoms with Crippen LogP contribution in [0.15, 0.2) is 0 Å². The van der Waals surface area contributed by atoms with Crippen molar-refractivity contribution < 1.29 is 18.0 Å².